The lowest BCUT2D eigenvalue weighted by Crippen LogP contribution is -2.35. The topological polar surface area (TPSA) is 84.6 Å². The van der Waals surface area contributed by atoms with Gasteiger partial charge in [-0.2, -0.15) is 0 Å². The van der Waals surface area contributed by atoms with E-state index in [1.54, 1.807) is 25.1 Å². The third-order valence-electron chi connectivity index (χ3n) is 2.15. The van der Waals surface area contributed by atoms with E-state index in [9.17, 15) is 4.79 Å². The van der Waals surface area contributed by atoms with Gasteiger partial charge >= 0.3 is 0 Å². The number of nitrogens with one attached hydrogen (secondary N) is 1. The molecular weight excluding hydrogens is 220 g/mol. The van der Waals surface area contributed by atoms with Gasteiger partial charge in [-0.1, -0.05) is 0 Å². The molecule has 5 heteroatoms. The number of hydrogen-bond donors (Lipinski definition) is 3. The Balaban J connectivity index is 2.85. The van der Waals surface area contributed by atoms with Crippen molar-refractivity contribution in [3.05, 3.63) is 23.8 Å². The molecule has 94 valence electrons. The van der Waals surface area contributed by atoms with E-state index < -0.39 is 0 Å². The molecule has 5 nitrogen and oxygen atoms in total. The van der Waals surface area contributed by atoms with Gasteiger partial charge < -0.3 is 20.9 Å². The fourth-order valence-electron chi connectivity index (χ4n) is 1.36. The summed E-state index contributed by atoms with van der Waals surface area (Å²) in [7, 11) is 0. The molecule has 0 aliphatic rings. The molecule has 0 fully saturated rings. The SMILES string of the molecule is CCOc1cc(N)cc(C(=O)N[C@H](C)CO)c1. The third kappa shape index (κ3) is 3.96. The Morgan fingerprint density at radius 2 is 2.24 bits per heavy atom. The zero-order chi connectivity index (χ0) is 12.8. The van der Waals surface area contributed by atoms with Crippen LogP contribution in [0, 0.1) is 0 Å². The fraction of sp³-hybridized carbons (Fsp3) is 0.417. The van der Waals surface area contributed by atoms with Crippen molar-refractivity contribution < 1.29 is 14.6 Å². The molecule has 0 saturated heterocycles. The van der Waals surface area contributed by atoms with Crippen LogP contribution in [0.25, 0.3) is 0 Å². The van der Waals surface area contributed by atoms with Crippen LogP contribution in [0.2, 0.25) is 0 Å². The first-order valence-corrected chi connectivity index (χ1v) is 5.52. The Labute approximate surface area is 101 Å². The number of ether oxygens (including phenoxy) is 1. The van der Waals surface area contributed by atoms with Gasteiger partial charge in [-0.15, -0.1) is 0 Å². The number of nitrogens with two attached hydrogens (primary N) is 1. The van der Waals surface area contributed by atoms with Crippen LogP contribution in [0.15, 0.2) is 18.2 Å². The van der Waals surface area contributed by atoms with Crippen LogP contribution in [-0.2, 0) is 0 Å². The van der Waals surface area contributed by atoms with Crippen molar-refractivity contribution in [3.8, 4) is 5.75 Å². The summed E-state index contributed by atoms with van der Waals surface area (Å²) in [5.41, 5.74) is 6.58. The van der Waals surface area contributed by atoms with Gasteiger partial charge in [-0.25, -0.2) is 0 Å². The summed E-state index contributed by atoms with van der Waals surface area (Å²) in [6.07, 6.45) is 0. The summed E-state index contributed by atoms with van der Waals surface area (Å²) >= 11 is 0. The van der Waals surface area contributed by atoms with Crippen molar-refractivity contribution in [1.82, 2.24) is 5.32 Å². The quantitative estimate of drug-likeness (QED) is 0.662. The van der Waals surface area contributed by atoms with Gasteiger partial charge in [0.2, 0.25) is 0 Å². The molecule has 0 heterocycles. The number of aliphatic hydroxyl groups is 1. The van der Waals surface area contributed by atoms with Gasteiger partial charge in [0, 0.05) is 23.4 Å². The monoisotopic (exact) mass is 238 g/mol. The lowest BCUT2D eigenvalue weighted by molar-refractivity contribution is 0.0922. The van der Waals surface area contributed by atoms with Gasteiger partial charge in [-0.05, 0) is 26.0 Å². The second-order valence-electron chi connectivity index (χ2n) is 3.78. The normalized spacial score (nSPS) is 11.9. The van der Waals surface area contributed by atoms with Gasteiger partial charge in [0.25, 0.3) is 5.91 Å². The Morgan fingerprint density at radius 3 is 2.82 bits per heavy atom. The highest BCUT2D eigenvalue weighted by Crippen LogP contribution is 2.18. The summed E-state index contributed by atoms with van der Waals surface area (Å²) in [6, 6.07) is 4.57. The van der Waals surface area contributed by atoms with E-state index in [4.69, 9.17) is 15.6 Å². The molecular formula is C12H18N2O3. The highest BCUT2D eigenvalue weighted by molar-refractivity contribution is 5.95. The Hall–Kier alpha value is -1.75. The molecule has 0 unspecified atom stereocenters. The second kappa shape index (κ2) is 6.10. The summed E-state index contributed by atoms with van der Waals surface area (Å²) in [5.74, 6) is 0.286. The highest BCUT2D eigenvalue weighted by Gasteiger charge is 2.11. The summed E-state index contributed by atoms with van der Waals surface area (Å²) < 4.78 is 5.30. The molecule has 0 bridgehead atoms. The van der Waals surface area contributed by atoms with Crippen molar-refractivity contribution in [3.63, 3.8) is 0 Å². The van der Waals surface area contributed by atoms with Crippen molar-refractivity contribution in [2.45, 2.75) is 19.9 Å². The van der Waals surface area contributed by atoms with Crippen molar-refractivity contribution in [1.29, 1.82) is 0 Å². The number of carbonyl (C=O) groups is 1. The van der Waals surface area contributed by atoms with Crippen LogP contribution in [-0.4, -0.2) is 30.3 Å². The number of benzene rings is 1. The van der Waals surface area contributed by atoms with Gasteiger partial charge in [0.15, 0.2) is 0 Å². The number of amides is 1. The van der Waals surface area contributed by atoms with Crippen LogP contribution in [0.1, 0.15) is 24.2 Å². The smallest absolute Gasteiger partial charge is 0.251 e. The van der Waals surface area contributed by atoms with Crippen molar-refractivity contribution in [2.24, 2.45) is 0 Å². The Morgan fingerprint density at radius 1 is 1.53 bits per heavy atom. The summed E-state index contributed by atoms with van der Waals surface area (Å²) in [5, 5.41) is 11.5. The molecule has 1 atom stereocenters. The van der Waals surface area contributed by atoms with Crippen LogP contribution < -0.4 is 15.8 Å². The fourth-order valence-corrected chi connectivity index (χ4v) is 1.36. The number of aliphatic hydroxyl groups excluding tert-OH is 1. The molecule has 1 aromatic rings. The standard InChI is InChI=1S/C12H18N2O3/c1-3-17-11-5-9(4-10(13)6-11)12(16)14-8(2)7-15/h4-6,8,15H,3,7,13H2,1-2H3,(H,14,16)/t8-/m1/s1. The number of rotatable bonds is 5. The molecule has 1 aromatic carbocycles. The zero-order valence-electron chi connectivity index (χ0n) is 10.1. The number of carbonyl (C=O) groups excluding carboxylic acids is 1. The Kier molecular flexibility index (Phi) is 4.78. The van der Waals surface area contributed by atoms with Crippen molar-refractivity contribution >= 4 is 11.6 Å². The zero-order valence-corrected chi connectivity index (χ0v) is 10.1. The molecule has 0 aliphatic heterocycles. The average Bonchev–Trinajstić information content (AvgIpc) is 2.28. The van der Waals surface area contributed by atoms with E-state index >= 15 is 0 Å². The molecule has 0 saturated carbocycles. The molecule has 0 spiro atoms. The maximum Gasteiger partial charge on any atom is 0.251 e. The second-order valence-corrected chi connectivity index (χ2v) is 3.78. The average molecular weight is 238 g/mol. The van der Waals surface area contributed by atoms with Crippen LogP contribution >= 0.6 is 0 Å². The predicted octanol–water partition coefficient (Wildman–Crippen LogP) is 0.778. The van der Waals surface area contributed by atoms with E-state index in [2.05, 4.69) is 5.32 Å². The summed E-state index contributed by atoms with van der Waals surface area (Å²) in [4.78, 5) is 11.8. The number of nitrogen functional groups attached to an aromatic ring is 1. The molecule has 1 amide bonds. The summed E-state index contributed by atoms with van der Waals surface area (Å²) in [6.45, 7) is 3.98. The van der Waals surface area contributed by atoms with Crippen LogP contribution in [0.4, 0.5) is 5.69 Å². The first-order valence-electron chi connectivity index (χ1n) is 5.52. The van der Waals surface area contributed by atoms with E-state index in [1.807, 2.05) is 6.92 Å². The van der Waals surface area contributed by atoms with E-state index in [-0.39, 0.29) is 18.6 Å². The van der Waals surface area contributed by atoms with Crippen LogP contribution in [0.5, 0.6) is 5.75 Å². The van der Waals surface area contributed by atoms with E-state index in [0.717, 1.165) is 0 Å². The van der Waals surface area contributed by atoms with E-state index in [1.165, 1.54) is 0 Å². The lowest BCUT2D eigenvalue weighted by Gasteiger charge is -2.12. The molecule has 0 radical (unpaired) electrons. The predicted molar refractivity (Wildman–Crippen MR) is 66.0 cm³/mol. The van der Waals surface area contributed by atoms with Gasteiger partial charge in [-0.3, -0.25) is 4.79 Å². The minimum atomic E-state index is -0.292. The molecule has 4 N–H and O–H groups in total. The maximum atomic E-state index is 11.8. The molecule has 1 rings (SSSR count). The van der Waals surface area contributed by atoms with Gasteiger partial charge in [0.05, 0.1) is 13.2 Å². The lowest BCUT2D eigenvalue weighted by atomic mass is 10.1. The van der Waals surface area contributed by atoms with E-state index in [0.29, 0.717) is 23.6 Å². The molecule has 0 aromatic heterocycles. The molecule has 0 aliphatic carbocycles. The van der Waals surface area contributed by atoms with Crippen LogP contribution in [0.3, 0.4) is 0 Å². The maximum absolute atomic E-state index is 11.8. The largest absolute Gasteiger partial charge is 0.494 e. The highest BCUT2D eigenvalue weighted by atomic mass is 16.5. The molecule has 17 heavy (non-hydrogen) atoms. The minimum absolute atomic E-state index is 0.105. The number of hydrogen-bond acceptors (Lipinski definition) is 4. The van der Waals surface area contributed by atoms with Gasteiger partial charge in [0.1, 0.15) is 5.75 Å². The minimum Gasteiger partial charge on any atom is -0.494 e. The third-order valence-corrected chi connectivity index (χ3v) is 2.15. The first-order chi connectivity index (χ1) is 8.06. The first kappa shape index (κ1) is 13.3. The number of anilines is 1. The Bertz CT molecular complexity index is 393. The van der Waals surface area contributed by atoms with Crippen molar-refractivity contribution in [2.75, 3.05) is 18.9 Å².